The van der Waals surface area contributed by atoms with Crippen LogP contribution in [0.3, 0.4) is 0 Å². The predicted octanol–water partition coefficient (Wildman–Crippen LogP) is 3.91. The van der Waals surface area contributed by atoms with Crippen molar-refractivity contribution in [3.63, 3.8) is 0 Å². The molecule has 1 heterocycles. The molecule has 126 valence electrons. The topological polar surface area (TPSA) is 78.8 Å². The fraction of sp³-hybridized carbons (Fsp3) is 0.385. The Morgan fingerprint density at radius 2 is 1.78 bits per heavy atom. The molecule has 6 nitrogen and oxygen atoms in total. The van der Waals surface area contributed by atoms with Gasteiger partial charge in [0.15, 0.2) is 0 Å². The number of carbonyl (C=O) groups is 1. The normalized spacial score (nSPS) is 17.1. The summed E-state index contributed by atoms with van der Waals surface area (Å²) in [6, 6.07) is 1.58. The molecular formula is C13H14Cl3N3O3S. The molecule has 10 heteroatoms. The van der Waals surface area contributed by atoms with Crippen molar-refractivity contribution in [1.82, 2.24) is 9.73 Å². The van der Waals surface area contributed by atoms with E-state index in [9.17, 15) is 13.2 Å². The molecule has 1 aromatic rings. The van der Waals surface area contributed by atoms with Gasteiger partial charge >= 0.3 is 6.03 Å². The fourth-order valence-electron chi connectivity index (χ4n) is 2.36. The third kappa shape index (κ3) is 3.74. The Balaban J connectivity index is 2.35. The Bertz CT molecular complexity index is 783. The zero-order valence-electron chi connectivity index (χ0n) is 12.5. The van der Waals surface area contributed by atoms with E-state index < -0.39 is 26.5 Å². The van der Waals surface area contributed by atoms with Crippen molar-refractivity contribution >= 4 is 56.6 Å². The Morgan fingerprint density at radius 3 is 2.22 bits per heavy atom. The summed E-state index contributed by atoms with van der Waals surface area (Å²) >= 11 is 17.6. The molecule has 1 aliphatic rings. The number of carbonyl (C=O) groups excluding carboxylic acids is 1. The maximum atomic E-state index is 12.4. The molecule has 2 amide bonds. The number of halogens is 3. The number of nitrogens with one attached hydrogen (secondary N) is 1. The third-order valence-corrected chi connectivity index (χ3v) is 5.64. The zero-order chi connectivity index (χ0) is 17.6. The van der Waals surface area contributed by atoms with Crippen LogP contribution in [-0.4, -0.2) is 30.7 Å². The summed E-state index contributed by atoms with van der Waals surface area (Å²) in [6.07, 6.45) is 0.545. The molecule has 0 aromatic heterocycles. The Kier molecular flexibility index (Phi) is 4.88. The summed E-state index contributed by atoms with van der Waals surface area (Å²) in [5, 5.41) is 4.99. The van der Waals surface area contributed by atoms with Crippen LogP contribution in [0.5, 0.6) is 0 Å². The van der Waals surface area contributed by atoms with E-state index in [2.05, 4.69) is 5.10 Å². The number of hydrogen-bond donors (Lipinski definition) is 1. The molecule has 0 atom stereocenters. The average Bonchev–Trinajstić information content (AvgIpc) is 2.59. The highest BCUT2D eigenvalue weighted by molar-refractivity contribution is 7.90. The lowest BCUT2D eigenvalue weighted by Crippen LogP contribution is -2.47. The SMILES string of the molecule is CC1=NN(C(=O)NS(=O)(=O)c2c(Cl)cc(Cl)cc2Cl)C(C)(C)C1. The molecular weight excluding hydrogens is 385 g/mol. The van der Waals surface area contributed by atoms with Crippen molar-refractivity contribution in [3.05, 3.63) is 27.2 Å². The monoisotopic (exact) mass is 397 g/mol. The van der Waals surface area contributed by atoms with Gasteiger partial charge in [0.05, 0.1) is 15.6 Å². The Hall–Kier alpha value is -1.02. The largest absolute Gasteiger partial charge is 0.352 e. The third-order valence-electron chi connectivity index (χ3n) is 3.18. The Morgan fingerprint density at radius 1 is 1.26 bits per heavy atom. The van der Waals surface area contributed by atoms with Crippen molar-refractivity contribution < 1.29 is 13.2 Å². The second kappa shape index (κ2) is 6.12. The average molecular weight is 399 g/mol. The maximum absolute atomic E-state index is 12.4. The van der Waals surface area contributed by atoms with Crippen LogP contribution in [0.1, 0.15) is 27.2 Å². The molecule has 1 N–H and O–H groups in total. The lowest BCUT2D eigenvalue weighted by Gasteiger charge is -2.28. The number of urea groups is 1. The van der Waals surface area contributed by atoms with Crippen LogP contribution in [0.25, 0.3) is 0 Å². The minimum atomic E-state index is -4.28. The van der Waals surface area contributed by atoms with E-state index in [1.807, 2.05) is 4.72 Å². The molecule has 0 aliphatic carbocycles. The van der Waals surface area contributed by atoms with Gasteiger partial charge in [-0.2, -0.15) is 5.10 Å². The van der Waals surface area contributed by atoms with Gasteiger partial charge in [0.2, 0.25) is 0 Å². The van der Waals surface area contributed by atoms with E-state index in [0.29, 0.717) is 6.42 Å². The van der Waals surface area contributed by atoms with Crippen LogP contribution < -0.4 is 4.72 Å². The van der Waals surface area contributed by atoms with Crippen LogP contribution in [0, 0.1) is 0 Å². The molecule has 2 rings (SSSR count). The number of sulfonamides is 1. The molecule has 0 radical (unpaired) electrons. The zero-order valence-corrected chi connectivity index (χ0v) is 15.6. The number of hydrazone groups is 1. The number of nitrogens with zero attached hydrogens (tertiary/aromatic N) is 2. The quantitative estimate of drug-likeness (QED) is 0.820. The first kappa shape index (κ1) is 18.3. The minimum absolute atomic E-state index is 0.178. The second-order valence-corrected chi connectivity index (χ2v) is 8.62. The summed E-state index contributed by atoms with van der Waals surface area (Å²) in [6.45, 7) is 5.32. The molecule has 0 saturated heterocycles. The number of rotatable bonds is 2. The van der Waals surface area contributed by atoms with E-state index in [-0.39, 0.29) is 15.1 Å². The molecule has 0 fully saturated rings. The van der Waals surface area contributed by atoms with Crippen molar-refractivity contribution in [2.45, 2.75) is 37.6 Å². The van der Waals surface area contributed by atoms with Crippen molar-refractivity contribution in [3.8, 4) is 0 Å². The maximum Gasteiger partial charge on any atom is 0.352 e. The van der Waals surface area contributed by atoms with Gasteiger partial charge in [-0.3, -0.25) is 0 Å². The summed E-state index contributed by atoms with van der Waals surface area (Å²) in [7, 11) is -4.28. The fourth-order valence-corrected chi connectivity index (χ4v) is 4.83. The minimum Gasteiger partial charge on any atom is -0.245 e. The van der Waals surface area contributed by atoms with Crippen LogP contribution >= 0.6 is 34.8 Å². The molecule has 0 spiro atoms. The number of benzene rings is 1. The highest BCUT2D eigenvalue weighted by Crippen LogP contribution is 2.33. The summed E-state index contributed by atoms with van der Waals surface area (Å²) in [5.74, 6) is 0. The first-order valence-electron chi connectivity index (χ1n) is 6.50. The standard InChI is InChI=1S/C13H14Cl3N3O3S/c1-7-6-13(2,3)19(17-7)12(20)18-23(21,22)11-9(15)4-8(14)5-10(11)16/h4-5H,6H2,1-3H3,(H,18,20). The molecule has 0 bridgehead atoms. The molecule has 1 aromatic carbocycles. The van der Waals surface area contributed by atoms with Gasteiger partial charge in [0, 0.05) is 17.2 Å². The number of hydrogen-bond acceptors (Lipinski definition) is 4. The predicted molar refractivity (Wildman–Crippen MR) is 90.8 cm³/mol. The van der Waals surface area contributed by atoms with E-state index in [1.165, 1.54) is 12.1 Å². The van der Waals surface area contributed by atoms with E-state index in [0.717, 1.165) is 10.7 Å². The van der Waals surface area contributed by atoms with Gasteiger partial charge in [-0.1, -0.05) is 34.8 Å². The highest BCUT2D eigenvalue weighted by atomic mass is 35.5. The molecule has 1 aliphatic heterocycles. The second-order valence-electron chi connectivity index (χ2n) is 5.75. The smallest absolute Gasteiger partial charge is 0.245 e. The van der Waals surface area contributed by atoms with Crippen LogP contribution in [0.2, 0.25) is 15.1 Å². The lowest BCUT2D eigenvalue weighted by atomic mass is 9.99. The molecule has 0 unspecified atom stereocenters. The lowest BCUT2D eigenvalue weighted by molar-refractivity contribution is 0.159. The van der Waals surface area contributed by atoms with Crippen molar-refractivity contribution in [2.75, 3.05) is 0 Å². The van der Waals surface area contributed by atoms with Crippen molar-refractivity contribution in [2.24, 2.45) is 5.10 Å². The van der Waals surface area contributed by atoms with E-state index in [4.69, 9.17) is 34.8 Å². The number of amides is 2. The van der Waals surface area contributed by atoms with Crippen LogP contribution in [0.4, 0.5) is 4.79 Å². The molecule has 23 heavy (non-hydrogen) atoms. The Labute approximate surface area is 149 Å². The van der Waals surface area contributed by atoms with E-state index in [1.54, 1.807) is 20.8 Å². The van der Waals surface area contributed by atoms with E-state index >= 15 is 0 Å². The molecule has 0 saturated carbocycles. The van der Waals surface area contributed by atoms with Gasteiger partial charge in [-0.05, 0) is 32.9 Å². The summed E-state index contributed by atoms with van der Waals surface area (Å²) in [5.41, 5.74) is 0.0992. The van der Waals surface area contributed by atoms with Gasteiger partial charge in [-0.15, -0.1) is 0 Å². The summed E-state index contributed by atoms with van der Waals surface area (Å²) < 4.78 is 26.8. The first-order valence-corrected chi connectivity index (χ1v) is 9.11. The van der Waals surface area contributed by atoms with Crippen LogP contribution in [-0.2, 0) is 10.0 Å². The van der Waals surface area contributed by atoms with Gasteiger partial charge < -0.3 is 0 Å². The van der Waals surface area contributed by atoms with Gasteiger partial charge in [-0.25, -0.2) is 22.9 Å². The van der Waals surface area contributed by atoms with Gasteiger partial charge in [0.1, 0.15) is 4.90 Å². The van der Waals surface area contributed by atoms with Crippen molar-refractivity contribution in [1.29, 1.82) is 0 Å². The summed E-state index contributed by atoms with van der Waals surface area (Å²) in [4.78, 5) is 11.9. The first-order chi connectivity index (χ1) is 10.4. The van der Waals surface area contributed by atoms with Crippen LogP contribution in [0.15, 0.2) is 22.1 Å². The van der Waals surface area contributed by atoms with Gasteiger partial charge in [0.25, 0.3) is 10.0 Å². The highest BCUT2D eigenvalue weighted by Gasteiger charge is 2.38.